The van der Waals surface area contributed by atoms with Crippen LogP contribution < -0.4 is 15.1 Å². The van der Waals surface area contributed by atoms with Gasteiger partial charge in [-0.25, -0.2) is 4.68 Å². The zero-order valence-corrected chi connectivity index (χ0v) is 18.6. The van der Waals surface area contributed by atoms with Crippen LogP contribution in [0.1, 0.15) is 22.5 Å². The van der Waals surface area contributed by atoms with Crippen molar-refractivity contribution >= 4 is 11.6 Å². The number of anilines is 1. The second-order valence-corrected chi connectivity index (χ2v) is 8.04. The van der Waals surface area contributed by atoms with E-state index in [9.17, 15) is 4.79 Å². The third-order valence-corrected chi connectivity index (χ3v) is 5.33. The molecule has 1 amide bonds. The summed E-state index contributed by atoms with van der Waals surface area (Å²) in [6, 6.07) is 18.4. The van der Waals surface area contributed by atoms with Crippen LogP contribution in [0.2, 0.25) is 0 Å². The van der Waals surface area contributed by atoms with E-state index < -0.39 is 0 Å². The molecule has 2 aromatic carbocycles. The van der Waals surface area contributed by atoms with Gasteiger partial charge >= 0.3 is 0 Å². The molecule has 0 radical (unpaired) electrons. The summed E-state index contributed by atoms with van der Waals surface area (Å²) in [6.07, 6.45) is 0. The first-order chi connectivity index (χ1) is 14.3. The van der Waals surface area contributed by atoms with Gasteiger partial charge in [-0.1, -0.05) is 30.3 Å². The Bertz CT molecular complexity index is 977. The molecule has 1 heterocycles. The minimum Gasteiger partial charge on any atom is -0.378 e. The van der Waals surface area contributed by atoms with Gasteiger partial charge in [0.15, 0.2) is 6.54 Å². The number of hydrogen-bond acceptors (Lipinski definition) is 3. The Labute approximate surface area is 179 Å². The molecular formula is C24H32N5O+. The summed E-state index contributed by atoms with van der Waals surface area (Å²) < 4.78 is 1.98. The molecular weight excluding hydrogens is 374 g/mol. The van der Waals surface area contributed by atoms with Crippen molar-refractivity contribution < 1.29 is 9.69 Å². The largest absolute Gasteiger partial charge is 0.378 e. The zero-order chi connectivity index (χ0) is 21.7. The number of aryl methyl sites for hydroxylation is 1. The summed E-state index contributed by atoms with van der Waals surface area (Å²) in [5.74, 6) is 0.0509. The fraction of sp³-hybridized carbons (Fsp3) is 0.333. The molecule has 3 rings (SSSR count). The molecule has 1 aromatic heterocycles. The first-order valence-electron chi connectivity index (χ1n) is 10.3. The van der Waals surface area contributed by atoms with Crippen LogP contribution in [0.25, 0.3) is 5.69 Å². The lowest BCUT2D eigenvalue weighted by Gasteiger charge is -2.15. The minimum atomic E-state index is 0.0509. The third-order valence-electron chi connectivity index (χ3n) is 5.33. The van der Waals surface area contributed by atoms with Gasteiger partial charge in [-0.15, -0.1) is 0 Å². The van der Waals surface area contributed by atoms with Crippen LogP contribution in [0, 0.1) is 13.8 Å². The summed E-state index contributed by atoms with van der Waals surface area (Å²) in [5.41, 5.74) is 6.64. The van der Waals surface area contributed by atoms with Gasteiger partial charge in [0.2, 0.25) is 0 Å². The first kappa shape index (κ1) is 21.6. The third kappa shape index (κ3) is 5.27. The number of likely N-dealkylation sites (N-methyl/N-ethyl adjacent to an activating group) is 1. The Balaban J connectivity index is 1.56. The minimum absolute atomic E-state index is 0.0509. The highest BCUT2D eigenvalue weighted by Crippen LogP contribution is 2.17. The van der Waals surface area contributed by atoms with Crippen molar-refractivity contribution in [2.45, 2.75) is 26.9 Å². The number of hydrogen-bond donors (Lipinski definition) is 2. The quantitative estimate of drug-likeness (QED) is 0.601. The van der Waals surface area contributed by atoms with Crippen LogP contribution in [0.5, 0.6) is 0 Å². The number of benzene rings is 2. The molecule has 0 aliphatic carbocycles. The van der Waals surface area contributed by atoms with Gasteiger partial charge in [-0.3, -0.25) is 4.79 Å². The molecule has 0 saturated carbocycles. The molecule has 30 heavy (non-hydrogen) atoms. The van der Waals surface area contributed by atoms with E-state index in [0.717, 1.165) is 39.8 Å². The molecule has 0 saturated heterocycles. The highest BCUT2D eigenvalue weighted by atomic mass is 16.2. The predicted octanol–water partition coefficient (Wildman–Crippen LogP) is 1.89. The molecule has 0 bridgehead atoms. The van der Waals surface area contributed by atoms with Crippen molar-refractivity contribution in [2.24, 2.45) is 0 Å². The average Bonchev–Trinajstić information content (AvgIpc) is 3.01. The van der Waals surface area contributed by atoms with E-state index >= 15 is 0 Å². The Morgan fingerprint density at radius 1 is 1.07 bits per heavy atom. The van der Waals surface area contributed by atoms with E-state index in [4.69, 9.17) is 5.10 Å². The molecule has 3 aromatic rings. The van der Waals surface area contributed by atoms with Gasteiger partial charge < -0.3 is 15.1 Å². The normalized spacial score (nSPS) is 11.9. The Morgan fingerprint density at radius 3 is 2.37 bits per heavy atom. The van der Waals surface area contributed by atoms with E-state index in [1.54, 1.807) is 0 Å². The second kappa shape index (κ2) is 9.59. The first-order valence-corrected chi connectivity index (χ1v) is 10.3. The monoisotopic (exact) mass is 406 g/mol. The second-order valence-electron chi connectivity index (χ2n) is 8.04. The maximum atomic E-state index is 12.4. The number of para-hydroxylation sites is 1. The number of aromatic nitrogens is 2. The van der Waals surface area contributed by atoms with Gasteiger partial charge in [0, 0.05) is 26.3 Å². The summed E-state index contributed by atoms with van der Waals surface area (Å²) in [7, 11) is 6.08. The number of amides is 1. The maximum Gasteiger partial charge on any atom is 0.275 e. The highest BCUT2D eigenvalue weighted by Gasteiger charge is 2.18. The highest BCUT2D eigenvalue weighted by molar-refractivity contribution is 5.76. The number of nitrogens with one attached hydrogen (secondary N) is 2. The lowest BCUT2D eigenvalue weighted by Crippen LogP contribution is -3.09. The number of carbonyl (C=O) groups excluding carboxylic acids is 1. The van der Waals surface area contributed by atoms with Crippen molar-refractivity contribution in [1.82, 2.24) is 15.1 Å². The van der Waals surface area contributed by atoms with E-state index in [2.05, 4.69) is 53.5 Å². The Hall–Kier alpha value is -3.12. The van der Waals surface area contributed by atoms with Gasteiger partial charge in [0.25, 0.3) is 5.91 Å². The number of carbonyl (C=O) groups is 1. The van der Waals surface area contributed by atoms with Crippen molar-refractivity contribution in [2.75, 3.05) is 32.6 Å². The van der Waals surface area contributed by atoms with Crippen LogP contribution >= 0.6 is 0 Å². The SMILES string of the molecule is Cc1nn(-c2ccccc2)c(C)c1C[NH+](C)CC(=O)NCc1ccc(N(C)C)cc1. The van der Waals surface area contributed by atoms with Crippen molar-refractivity contribution in [1.29, 1.82) is 0 Å². The fourth-order valence-electron chi connectivity index (χ4n) is 3.56. The maximum absolute atomic E-state index is 12.4. The molecule has 0 aliphatic rings. The summed E-state index contributed by atoms with van der Waals surface area (Å²) in [4.78, 5) is 15.6. The lowest BCUT2D eigenvalue weighted by molar-refractivity contribution is -0.885. The van der Waals surface area contributed by atoms with Crippen LogP contribution in [-0.2, 0) is 17.9 Å². The molecule has 1 atom stereocenters. The Morgan fingerprint density at radius 2 is 1.73 bits per heavy atom. The lowest BCUT2D eigenvalue weighted by atomic mass is 10.2. The van der Waals surface area contributed by atoms with E-state index in [-0.39, 0.29) is 5.91 Å². The molecule has 1 unspecified atom stereocenters. The molecule has 0 fully saturated rings. The van der Waals surface area contributed by atoms with Crippen molar-refractivity contribution in [3.63, 3.8) is 0 Å². The molecule has 0 spiro atoms. The number of rotatable bonds is 8. The van der Waals surface area contributed by atoms with Gasteiger partial charge in [0.05, 0.1) is 29.7 Å². The Kier molecular flexibility index (Phi) is 6.90. The number of nitrogens with zero attached hydrogens (tertiary/aromatic N) is 3. The molecule has 0 aliphatic heterocycles. The van der Waals surface area contributed by atoms with Crippen LogP contribution in [0.15, 0.2) is 54.6 Å². The predicted molar refractivity (Wildman–Crippen MR) is 121 cm³/mol. The summed E-state index contributed by atoms with van der Waals surface area (Å²) in [5, 5.41) is 7.74. The van der Waals surface area contributed by atoms with E-state index in [0.29, 0.717) is 13.1 Å². The molecule has 6 nitrogen and oxygen atoms in total. The van der Waals surface area contributed by atoms with E-state index in [1.165, 1.54) is 5.56 Å². The van der Waals surface area contributed by atoms with Gasteiger partial charge in [-0.2, -0.15) is 5.10 Å². The topological polar surface area (TPSA) is 54.6 Å². The summed E-state index contributed by atoms with van der Waals surface area (Å²) >= 11 is 0. The molecule has 158 valence electrons. The fourth-order valence-corrected chi connectivity index (χ4v) is 3.56. The smallest absolute Gasteiger partial charge is 0.275 e. The van der Waals surface area contributed by atoms with Crippen LogP contribution in [0.3, 0.4) is 0 Å². The molecule has 2 N–H and O–H groups in total. The standard InChI is InChI=1S/C24H31N5O/c1-18-23(19(2)29(26-18)22-9-7-6-8-10-22)16-28(5)17-24(30)25-15-20-11-13-21(14-12-20)27(3)4/h6-14H,15-17H2,1-5H3,(H,25,30)/p+1. The van der Waals surface area contributed by atoms with Crippen molar-refractivity contribution in [3.8, 4) is 5.69 Å². The average molecular weight is 407 g/mol. The van der Waals surface area contributed by atoms with E-state index in [1.807, 2.05) is 50.9 Å². The zero-order valence-electron chi connectivity index (χ0n) is 18.6. The van der Waals surface area contributed by atoms with Crippen molar-refractivity contribution in [3.05, 3.63) is 77.1 Å². The van der Waals surface area contributed by atoms with Crippen LogP contribution in [0.4, 0.5) is 5.69 Å². The van der Waals surface area contributed by atoms with Crippen LogP contribution in [-0.4, -0.2) is 43.4 Å². The number of quaternary nitrogens is 1. The molecule has 6 heteroatoms. The van der Waals surface area contributed by atoms with Gasteiger partial charge in [0.1, 0.15) is 6.54 Å². The van der Waals surface area contributed by atoms with Gasteiger partial charge in [-0.05, 0) is 43.7 Å². The summed E-state index contributed by atoms with van der Waals surface area (Å²) in [6.45, 7) is 5.85.